The summed E-state index contributed by atoms with van der Waals surface area (Å²) in [6.07, 6.45) is 10.6. The van der Waals surface area contributed by atoms with Crippen LogP contribution in [0.15, 0.2) is 11.6 Å². The molecule has 128 valence electrons. The van der Waals surface area contributed by atoms with E-state index in [1.54, 1.807) is 0 Å². The van der Waals surface area contributed by atoms with Crippen molar-refractivity contribution >= 4 is 5.78 Å². The highest BCUT2D eigenvalue weighted by molar-refractivity contribution is 5.91. The molecule has 23 heavy (non-hydrogen) atoms. The Morgan fingerprint density at radius 3 is 2.74 bits per heavy atom. The van der Waals surface area contributed by atoms with Crippen molar-refractivity contribution in [3.63, 3.8) is 0 Å². The average molecular weight is 316 g/mol. The van der Waals surface area contributed by atoms with Crippen LogP contribution in [0.3, 0.4) is 0 Å². The Bertz CT molecular complexity index is 550. The van der Waals surface area contributed by atoms with Gasteiger partial charge in [0.1, 0.15) is 0 Å². The highest BCUT2D eigenvalue weighted by atomic mass is 16.3. The molecule has 4 aliphatic rings. The van der Waals surface area contributed by atoms with E-state index in [9.17, 15) is 9.90 Å². The smallest absolute Gasteiger partial charge is 0.155 e. The Kier molecular flexibility index (Phi) is 3.58. The molecular formula is C21H32O2. The lowest BCUT2D eigenvalue weighted by Crippen LogP contribution is -2.56. The summed E-state index contributed by atoms with van der Waals surface area (Å²) >= 11 is 0. The third-order valence-electron chi connectivity index (χ3n) is 8.58. The van der Waals surface area contributed by atoms with Crippen LogP contribution in [-0.4, -0.2) is 17.0 Å². The van der Waals surface area contributed by atoms with E-state index in [0.717, 1.165) is 31.1 Å². The molecule has 1 unspecified atom stereocenters. The maximum atomic E-state index is 11.9. The molecule has 0 aromatic heterocycles. The summed E-state index contributed by atoms with van der Waals surface area (Å²) in [6.45, 7) is 7.14. The van der Waals surface area contributed by atoms with Crippen molar-refractivity contribution in [1.29, 1.82) is 0 Å². The predicted octanol–water partition coefficient (Wildman–Crippen LogP) is 4.52. The predicted molar refractivity (Wildman–Crippen MR) is 91.9 cm³/mol. The number of fused-ring (bicyclic) bond motifs is 5. The molecule has 0 aromatic rings. The first kappa shape index (κ1) is 15.9. The van der Waals surface area contributed by atoms with Gasteiger partial charge in [0.05, 0.1) is 6.10 Å². The Hall–Kier alpha value is -0.630. The van der Waals surface area contributed by atoms with Gasteiger partial charge in [0.2, 0.25) is 0 Å². The summed E-state index contributed by atoms with van der Waals surface area (Å²) in [4.78, 5) is 11.9. The molecular weight excluding hydrogens is 284 g/mol. The minimum Gasteiger partial charge on any atom is -0.393 e. The zero-order chi connectivity index (χ0) is 16.4. The van der Waals surface area contributed by atoms with Crippen LogP contribution in [0.25, 0.3) is 0 Å². The molecule has 2 nitrogen and oxygen atoms in total. The van der Waals surface area contributed by atoms with E-state index in [2.05, 4.69) is 20.8 Å². The normalized spacial score (nSPS) is 52.4. The second-order valence-corrected chi connectivity index (χ2v) is 9.35. The lowest BCUT2D eigenvalue weighted by molar-refractivity contribution is -0.133. The van der Waals surface area contributed by atoms with Crippen LogP contribution in [-0.2, 0) is 4.79 Å². The minimum absolute atomic E-state index is 0.0713. The van der Waals surface area contributed by atoms with Gasteiger partial charge in [0.25, 0.3) is 0 Å². The monoisotopic (exact) mass is 316 g/mol. The molecule has 0 radical (unpaired) electrons. The number of ketones is 1. The van der Waals surface area contributed by atoms with Crippen LogP contribution in [0.4, 0.5) is 0 Å². The third-order valence-corrected chi connectivity index (χ3v) is 8.58. The highest BCUT2D eigenvalue weighted by Gasteiger charge is 2.61. The second kappa shape index (κ2) is 5.18. The maximum Gasteiger partial charge on any atom is 0.155 e. The van der Waals surface area contributed by atoms with E-state index in [1.807, 2.05) is 6.08 Å². The van der Waals surface area contributed by atoms with Gasteiger partial charge >= 0.3 is 0 Å². The van der Waals surface area contributed by atoms with E-state index < -0.39 is 0 Å². The number of hydrogen-bond donors (Lipinski definition) is 1. The Labute approximate surface area is 140 Å². The van der Waals surface area contributed by atoms with Crippen molar-refractivity contribution < 1.29 is 9.90 Å². The van der Waals surface area contributed by atoms with Crippen molar-refractivity contribution in [2.45, 2.75) is 78.2 Å². The molecule has 7 atom stereocenters. The molecule has 0 aliphatic heterocycles. The molecule has 3 saturated carbocycles. The van der Waals surface area contributed by atoms with E-state index in [0.29, 0.717) is 29.5 Å². The van der Waals surface area contributed by atoms with Gasteiger partial charge in [-0.15, -0.1) is 0 Å². The Balaban J connectivity index is 1.72. The van der Waals surface area contributed by atoms with Crippen molar-refractivity contribution in [2.24, 2.45) is 34.5 Å². The second-order valence-electron chi connectivity index (χ2n) is 9.35. The van der Waals surface area contributed by atoms with Crippen molar-refractivity contribution in [1.82, 2.24) is 0 Å². The van der Waals surface area contributed by atoms with E-state index in [4.69, 9.17) is 0 Å². The van der Waals surface area contributed by atoms with Crippen molar-refractivity contribution in [2.75, 3.05) is 0 Å². The van der Waals surface area contributed by atoms with Gasteiger partial charge in [-0.25, -0.2) is 0 Å². The molecule has 2 heteroatoms. The molecule has 0 aromatic carbocycles. The third kappa shape index (κ3) is 2.06. The number of aliphatic hydroxyl groups is 1. The van der Waals surface area contributed by atoms with Gasteiger partial charge in [-0.2, -0.15) is 0 Å². The van der Waals surface area contributed by atoms with Crippen molar-refractivity contribution in [3.8, 4) is 0 Å². The summed E-state index contributed by atoms with van der Waals surface area (Å²) in [5, 5.41) is 11.2. The fourth-order valence-electron chi connectivity index (χ4n) is 7.46. The standard InChI is InChI=1S/C21H32O2/c1-4-13-6-8-17-16-7-5-14-11-15(22)9-10-20(14,2)19(16)18(23)12-21(13,17)3/h11,13,16-19,23H,4-10,12H2,1-3H3/t13-,16-,17-,18-,19?,20-,21+/m0/s1. The average Bonchev–Trinajstić information content (AvgIpc) is 2.83. The topological polar surface area (TPSA) is 37.3 Å². The molecule has 4 aliphatic carbocycles. The SMILES string of the molecule is CC[C@H]1CC[C@H]2[C@@H]3CCC4=CC(=O)CC[C@]4(C)C3[C@@H](O)C[C@]12C. The van der Waals surface area contributed by atoms with Gasteiger partial charge in [-0.3, -0.25) is 4.79 Å². The van der Waals surface area contributed by atoms with Gasteiger partial charge in [0, 0.05) is 6.42 Å². The molecule has 0 saturated heterocycles. The molecule has 0 spiro atoms. The Morgan fingerprint density at radius 2 is 2.00 bits per heavy atom. The first-order valence-corrected chi connectivity index (χ1v) is 9.82. The first-order chi connectivity index (χ1) is 10.9. The molecule has 0 heterocycles. The van der Waals surface area contributed by atoms with E-state index in [-0.39, 0.29) is 11.5 Å². The number of hydrogen-bond acceptors (Lipinski definition) is 2. The van der Waals surface area contributed by atoms with Crippen LogP contribution in [0, 0.1) is 34.5 Å². The van der Waals surface area contributed by atoms with Gasteiger partial charge in [0.15, 0.2) is 5.78 Å². The number of rotatable bonds is 1. The van der Waals surface area contributed by atoms with Gasteiger partial charge in [-0.1, -0.05) is 32.8 Å². The van der Waals surface area contributed by atoms with Gasteiger partial charge < -0.3 is 5.11 Å². The van der Waals surface area contributed by atoms with Crippen molar-refractivity contribution in [3.05, 3.63) is 11.6 Å². The van der Waals surface area contributed by atoms with Crippen LogP contribution in [0.1, 0.15) is 72.1 Å². The molecule has 0 bridgehead atoms. The summed E-state index contributed by atoms with van der Waals surface area (Å²) in [5.41, 5.74) is 1.77. The summed E-state index contributed by atoms with van der Waals surface area (Å²) in [7, 11) is 0. The molecule has 4 rings (SSSR count). The van der Waals surface area contributed by atoms with Crippen LogP contribution >= 0.6 is 0 Å². The summed E-state index contributed by atoms with van der Waals surface area (Å²) < 4.78 is 0. The number of aliphatic hydroxyl groups excluding tert-OH is 1. The molecule has 1 N–H and O–H groups in total. The fourth-order valence-corrected chi connectivity index (χ4v) is 7.46. The van der Waals surface area contributed by atoms with Gasteiger partial charge in [-0.05, 0) is 79.1 Å². The largest absolute Gasteiger partial charge is 0.393 e. The zero-order valence-corrected chi connectivity index (χ0v) is 15.0. The van der Waals surface area contributed by atoms with Crippen LogP contribution in [0.2, 0.25) is 0 Å². The number of carbonyl (C=O) groups excluding carboxylic acids is 1. The maximum absolute atomic E-state index is 11.9. The quantitative estimate of drug-likeness (QED) is 0.772. The Morgan fingerprint density at radius 1 is 1.22 bits per heavy atom. The minimum atomic E-state index is -0.185. The summed E-state index contributed by atoms with van der Waals surface area (Å²) in [6, 6.07) is 0. The number of allylic oxidation sites excluding steroid dienone is 1. The van der Waals surface area contributed by atoms with E-state index in [1.165, 1.54) is 31.3 Å². The molecule has 0 amide bonds. The zero-order valence-electron chi connectivity index (χ0n) is 15.0. The van der Waals surface area contributed by atoms with E-state index >= 15 is 0 Å². The van der Waals surface area contributed by atoms with Crippen LogP contribution < -0.4 is 0 Å². The molecule has 3 fully saturated rings. The summed E-state index contributed by atoms with van der Waals surface area (Å²) in [5.74, 6) is 2.93. The lowest BCUT2D eigenvalue weighted by atomic mass is 9.46. The first-order valence-electron chi connectivity index (χ1n) is 9.82. The lowest BCUT2D eigenvalue weighted by Gasteiger charge is -2.59. The highest BCUT2D eigenvalue weighted by Crippen LogP contribution is 2.66. The van der Waals surface area contributed by atoms with Crippen LogP contribution in [0.5, 0.6) is 0 Å². The fraction of sp³-hybridized carbons (Fsp3) is 0.857. The number of carbonyl (C=O) groups is 1.